The molecule has 3 aromatic heterocycles. The topological polar surface area (TPSA) is 9.86 Å². The van der Waals surface area contributed by atoms with Crippen molar-refractivity contribution in [1.29, 1.82) is 0 Å². The van der Waals surface area contributed by atoms with Crippen molar-refractivity contribution >= 4 is 54.3 Å². The van der Waals surface area contributed by atoms with Crippen molar-refractivity contribution in [2.45, 2.75) is 0 Å². The Morgan fingerprint density at radius 1 is 0.349 bits per heavy atom. The van der Waals surface area contributed by atoms with E-state index in [4.69, 9.17) is 0 Å². The highest BCUT2D eigenvalue weighted by Gasteiger charge is 2.18. The van der Waals surface area contributed by atoms with E-state index in [2.05, 4.69) is 167 Å². The van der Waals surface area contributed by atoms with Crippen molar-refractivity contribution in [2.24, 2.45) is 0 Å². The first-order valence-corrected chi connectivity index (χ1v) is 15.4. The molecule has 0 aliphatic rings. The molecular weight excluding hydrogens is 541 g/mol. The van der Waals surface area contributed by atoms with Crippen molar-refractivity contribution in [3.8, 4) is 32.9 Å². The van der Waals surface area contributed by atoms with Crippen LogP contribution in [0.2, 0.25) is 0 Å². The predicted octanol–water partition coefficient (Wildman–Crippen LogP) is 11.3. The fraction of sp³-hybridized carbons (Fsp3) is 0. The predicted molar refractivity (Wildman–Crippen MR) is 184 cm³/mol. The third-order valence-electron chi connectivity index (χ3n) is 8.55. The number of thiophene rings is 1. The summed E-state index contributed by atoms with van der Waals surface area (Å²) < 4.78 is 6.11. The van der Waals surface area contributed by atoms with Gasteiger partial charge in [0, 0.05) is 32.4 Å². The number of rotatable bonds is 4. The lowest BCUT2D eigenvalue weighted by molar-refractivity contribution is 1.18. The standard InChI is InChI=1S/C40H26N2S/c1-3-11-27(12-4-1)28-19-22-31(23-20-28)42-36-18-10-8-16-33(36)40-38(42)26-39(43-40)29-21-24-37-34(25-29)32-15-7-9-17-35(32)41(37)30-13-5-2-6-14-30/h1-26H. The molecule has 6 aromatic carbocycles. The second kappa shape index (κ2) is 9.59. The molecule has 3 heterocycles. The molecule has 0 fully saturated rings. The maximum atomic E-state index is 2.42. The average molecular weight is 567 g/mol. The van der Waals surface area contributed by atoms with Crippen molar-refractivity contribution in [3.63, 3.8) is 0 Å². The van der Waals surface area contributed by atoms with Crippen LogP contribution in [0.5, 0.6) is 0 Å². The van der Waals surface area contributed by atoms with Crippen LogP contribution in [0.3, 0.4) is 0 Å². The summed E-state index contributed by atoms with van der Waals surface area (Å²) in [5.41, 5.74) is 11.0. The summed E-state index contributed by atoms with van der Waals surface area (Å²) in [4.78, 5) is 1.28. The second-order valence-electron chi connectivity index (χ2n) is 11.0. The van der Waals surface area contributed by atoms with E-state index in [1.165, 1.54) is 75.9 Å². The van der Waals surface area contributed by atoms with Gasteiger partial charge in [0.2, 0.25) is 0 Å². The molecular formula is C40H26N2S. The van der Waals surface area contributed by atoms with Crippen LogP contribution in [0, 0.1) is 0 Å². The van der Waals surface area contributed by atoms with Gasteiger partial charge in [0.15, 0.2) is 0 Å². The zero-order valence-corrected chi connectivity index (χ0v) is 24.1. The largest absolute Gasteiger partial charge is 0.309 e. The molecule has 9 aromatic rings. The summed E-state index contributed by atoms with van der Waals surface area (Å²) in [6.07, 6.45) is 0. The minimum atomic E-state index is 1.18. The molecule has 43 heavy (non-hydrogen) atoms. The Morgan fingerprint density at radius 2 is 0.884 bits per heavy atom. The molecule has 0 unspecified atom stereocenters. The summed E-state index contributed by atoms with van der Waals surface area (Å²) >= 11 is 1.88. The lowest BCUT2D eigenvalue weighted by atomic mass is 10.1. The minimum Gasteiger partial charge on any atom is -0.309 e. The monoisotopic (exact) mass is 566 g/mol. The lowest BCUT2D eigenvalue weighted by Crippen LogP contribution is -1.93. The Labute approximate surface area is 253 Å². The average Bonchev–Trinajstić information content (AvgIpc) is 3.74. The second-order valence-corrected chi connectivity index (χ2v) is 12.1. The van der Waals surface area contributed by atoms with Crippen molar-refractivity contribution in [3.05, 3.63) is 158 Å². The first-order chi connectivity index (χ1) is 21.3. The lowest BCUT2D eigenvalue weighted by Gasteiger charge is -2.09. The molecule has 0 atom stereocenters. The number of hydrogen-bond donors (Lipinski definition) is 0. The van der Waals surface area contributed by atoms with Gasteiger partial charge in [-0.25, -0.2) is 0 Å². The Balaban J connectivity index is 1.22. The van der Waals surface area contributed by atoms with E-state index < -0.39 is 0 Å². The maximum absolute atomic E-state index is 2.42. The van der Waals surface area contributed by atoms with Crippen molar-refractivity contribution in [2.75, 3.05) is 0 Å². The highest BCUT2D eigenvalue weighted by molar-refractivity contribution is 7.23. The summed E-state index contributed by atoms with van der Waals surface area (Å²) in [5, 5.41) is 3.85. The van der Waals surface area contributed by atoms with Gasteiger partial charge in [-0.05, 0) is 71.3 Å². The molecule has 0 amide bonds. The first kappa shape index (κ1) is 24.2. The normalized spacial score (nSPS) is 11.7. The van der Waals surface area contributed by atoms with Crippen molar-refractivity contribution < 1.29 is 0 Å². The van der Waals surface area contributed by atoms with Gasteiger partial charge in [-0.3, -0.25) is 0 Å². The number of fused-ring (bicyclic) bond motifs is 6. The van der Waals surface area contributed by atoms with Gasteiger partial charge in [0.25, 0.3) is 0 Å². The summed E-state index contributed by atoms with van der Waals surface area (Å²) in [5.74, 6) is 0. The molecule has 0 saturated carbocycles. The van der Waals surface area contributed by atoms with Gasteiger partial charge in [0.1, 0.15) is 0 Å². The molecule has 0 aliphatic carbocycles. The Kier molecular flexibility index (Phi) is 5.40. The van der Waals surface area contributed by atoms with Gasteiger partial charge in [-0.15, -0.1) is 11.3 Å². The Hall–Kier alpha value is -5.38. The molecule has 0 bridgehead atoms. The van der Waals surface area contributed by atoms with Crippen molar-refractivity contribution in [1.82, 2.24) is 9.13 Å². The number of aromatic nitrogens is 2. The van der Waals surface area contributed by atoms with Crippen LogP contribution in [-0.2, 0) is 0 Å². The molecule has 0 radical (unpaired) electrons. The molecule has 0 aliphatic heterocycles. The van der Waals surface area contributed by atoms with Crippen LogP contribution in [0.15, 0.2) is 158 Å². The zero-order chi connectivity index (χ0) is 28.3. The molecule has 2 nitrogen and oxygen atoms in total. The van der Waals surface area contributed by atoms with E-state index in [1.807, 2.05) is 11.3 Å². The van der Waals surface area contributed by atoms with Gasteiger partial charge in [0.05, 0.1) is 26.8 Å². The first-order valence-electron chi connectivity index (χ1n) is 14.6. The van der Waals surface area contributed by atoms with Gasteiger partial charge >= 0.3 is 0 Å². The van der Waals surface area contributed by atoms with Gasteiger partial charge in [-0.2, -0.15) is 0 Å². The van der Waals surface area contributed by atoms with Crippen LogP contribution in [-0.4, -0.2) is 9.13 Å². The molecule has 0 saturated heterocycles. The number of benzene rings is 6. The van der Waals surface area contributed by atoms with Crippen LogP contribution in [0.4, 0.5) is 0 Å². The molecule has 202 valence electrons. The Morgan fingerprint density at radius 3 is 1.65 bits per heavy atom. The van der Waals surface area contributed by atoms with Gasteiger partial charge < -0.3 is 9.13 Å². The SMILES string of the molecule is c1ccc(-c2ccc(-n3c4ccccc4c4sc(-c5ccc6c(c5)c5ccccc5n6-c5ccccc5)cc43)cc2)cc1. The number of para-hydroxylation sites is 3. The zero-order valence-electron chi connectivity index (χ0n) is 23.3. The third kappa shape index (κ3) is 3.79. The van der Waals surface area contributed by atoms with E-state index >= 15 is 0 Å². The smallest absolute Gasteiger partial charge is 0.0655 e. The molecule has 0 spiro atoms. The Bertz CT molecular complexity index is 2430. The summed E-state index contributed by atoms with van der Waals surface area (Å²) in [6.45, 7) is 0. The summed E-state index contributed by atoms with van der Waals surface area (Å²) in [7, 11) is 0. The number of nitrogens with zero attached hydrogens (tertiary/aromatic N) is 2. The van der Waals surface area contributed by atoms with Crippen LogP contribution in [0.1, 0.15) is 0 Å². The highest BCUT2D eigenvalue weighted by atomic mass is 32.1. The van der Waals surface area contributed by atoms with E-state index in [1.54, 1.807) is 0 Å². The van der Waals surface area contributed by atoms with Crippen LogP contribution >= 0.6 is 11.3 Å². The van der Waals surface area contributed by atoms with Crippen LogP contribution < -0.4 is 0 Å². The fourth-order valence-corrected chi connectivity index (χ4v) is 7.74. The van der Waals surface area contributed by atoms with Crippen LogP contribution in [0.25, 0.3) is 75.9 Å². The van der Waals surface area contributed by atoms with Gasteiger partial charge in [-0.1, -0.05) is 103 Å². The third-order valence-corrected chi connectivity index (χ3v) is 9.75. The van der Waals surface area contributed by atoms with E-state index in [9.17, 15) is 0 Å². The molecule has 3 heteroatoms. The highest BCUT2D eigenvalue weighted by Crippen LogP contribution is 2.43. The fourth-order valence-electron chi connectivity index (χ4n) is 6.57. The van der Waals surface area contributed by atoms with E-state index in [0.717, 1.165) is 0 Å². The summed E-state index contributed by atoms with van der Waals surface area (Å²) in [6, 6.07) is 57.0. The minimum absolute atomic E-state index is 1.18. The van der Waals surface area contributed by atoms with E-state index in [0.29, 0.717) is 0 Å². The molecule has 9 rings (SSSR count). The number of hydrogen-bond acceptors (Lipinski definition) is 1. The maximum Gasteiger partial charge on any atom is 0.0655 e. The quantitative estimate of drug-likeness (QED) is 0.200. The molecule has 0 N–H and O–H groups in total. The van der Waals surface area contributed by atoms with E-state index in [-0.39, 0.29) is 0 Å².